The quantitative estimate of drug-likeness (QED) is 0.929. The van der Waals surface area contributed by atoms with Crippen LogP contribution in [0.25, 0.3) is 11.4 Å². The number of aliphatic carboxylic acids is 1. The van der Waals surface area contributed by atoms with Crippen LogP contribution in [0.2, 0.25) is 0 Å². The molecule has 20 heavy (non-hydrogen) atoms. The second-order valence-corrected chi connectivity index (χ2v) is 5.89. The minimum atomic E-state index is -0.810. The van der Waals surface area contributed by atoms with Crippen molar-refractivity contribution in [2.75, 3.05) is 0 Å². The predicted octanol–water partition coefficient (Wildman–Crippen LogP) is 2.87. The smallest absolute Gasteiger partial charge is 0.307 e. The Labute approximate surface area is 116 Å². The predicted molar refractivity (Wildman–Crippen MR) is 72.1 cm³/mol. The summed E-state index contributed by atoms with van der Waals surface area (Å²) in [4.78, 5) is 15.6. The minimum Gasteiger partial charge on any atom is -0.481 e. The van der Waals surface area contributed by atoms with E-state index in [2.05, 4.69) is 10.1 Å². The molecule has 5 nitrogen and oxygen atoms in total. The SMILES string of the molecule is Cc1ccccc1-c1noc(C2C(C(=O)O)C2(C)C)n1. The van der Waals surface area contributed by atoms with Gasteiger partial charge in [0.2, 0.25) is 11.7 Å². The van der Waals surface area contributed by atoms with Gasteiger partial charge in [0.05, 0.1) is 11.8 Å². The Bertz CT molecular complexity index is 675. The maximum atomic E-state index is 11.2. The fourth-order valence-corrected chi connectivity index (χ4v) is 2.85. The molecule has 1 aliphatic carbocycles. The number of nitrogens with zero attached hydrogens (tertiary/aromatic N) is 2. The van der Waals surface area contributed by atoms with E-state index in [-0.39, 0.29) is 11.3 Å². The molecule has 104 valence electrons. The highest BCUT2D eigenvalue weighted by molar-refractivity contribution is 5.77. The van der Waals surface area contributed by atoms with E-state index >= 15 is 0 Å². The minimum absolute atomic E-state index is 0.203. The van der Waals surface area contributed by atoms with Crippen molar-refractivity contribution in [1.82, 2.24) is 10.1 Å². The van der Waals surface area contributed by atoms with Crippen LogP contribution >= 0.6 is 0 Å². The lowest BCUT2D eigenvalue weighted by atomic mass is 10.1. The molecule has 0 radical (unpaired) electrons. The molecule has 5 heteroatoms. The highest BCUT2D eigenvalue weighted by atomic mass is 16.5. The van der Waals surface area contributed by atoms with E-state index < -0.39 is 11.9 Å². The molecule has 0 bridgehead atoms. The number of hydrogen-bond acceptors (Lipinski definition) is 4. The second kappa shape index (κ2) is 4.16. The highest BCUT2D eigenvalue weighted by Crippen LogP contribution is 2.64. The molecule has 1 N–H and O–H groups in total. The van der Waals surface area contributed by atoms with E-state index in [1.165, 1.54) is 0 Å². The first kappa shape index (κ1) is 12.8. The van der Waals surface area contributed by atoms with Gasteiger partial charge in [0, 0.05) is 5.56 Å². The molecule has 0 aliphatic heterocycles. The molecule has 2 aromatic rings. The number of carbonyl (C=O) groups is 1. The normalized spacial score (nSPS) is 23.6. The molecule has 3 rings (SSSR count). The van der Waals surface area contributed by atoms with Crippen molar-refractivity contribution in [3.8, 4) is 11.4 Å². The lowest BCUT2D eigenvalue weighted by Gasteiger charge is -1.98. The van der Waals surface area contributed by atoms with Gasteiger partial charge in [0.25, 0.3) is 0 Å². The fraction of sp³-hybridized carbons (Fsp3) is 0.400. The molecular formula is C15H16N2O3. The topological polar surface area (TPSA) is 76.2 Å². The number of aromatic nitrogens is 2. The van der Waals surface area contributed by atoms with Crippen LogP contribution in [0.5, 0.6) is 0 Å². The molecule has 1 aromatic carbocycles. The highest BCUT2D eigenvalue weighted by Gasteiger charge is 2.65. The second-order valence-electron chi connectivity index (χ2n) is 5.89. The van der Waals surface area contributed by atoms with Crippen molar-refractivity contribution < 1.29 is 14.4 Å². The maximum absolute atomic E-state index is 11.2. The zero-order chi connectivity index (χ0) is 14.5. The van der Waals surface area contributed by atoms with Crippen molar-refractivity contribution in [1.29, 1.82) is 0 Å². The number of carboxylic acids is 1. The van der Waals surface area contributed by atoms with Crippen LogP contribution in [0.1, 0.15) is 31.2 Å². The lowest BCUT2D eigenvalue weighted by molar-refractivity contribution is -0.139. The average molecular weight is 272 g/mol. The van der Waals surface area contributed by atoms with Crippen LogP contribution in [-0.4, -0.2) is 21.2 Å². The van der Waals surface area contributed by atoms with Gasteiger partial charge < -0.3 is 9.63 Å². The van der Waals surface area contributed by atoms with Gasteiger partial charge in [-0.25, -0.2) is 0 Å². The summed E-state index contributed by atoms with van der Waals surface area (Å²) in [5, 5.41) is 13.2. The molecule has 1 fully saturated rings. The molecule has 2 atom stereocenters. The summed E-state index contributed by atoms with van der Waals surface area (Å²) in [6.45, 7) is 5.80. The Morgan fingerprint density at radius 2 is 2.05 bits per heavy atom. The Hall–Kier alpha value is -2.17. The first-order valence-electron chi connectivity index (χ1n) is 6.55. The van der Waals surface area contributed by atoms with Crippen LogP contribution in [0.15, 0.2) is 28.8 Å². The molecule has 1 aliphatic rings. The Balaban J connectivity index is 1.93. The van der Waals surface area contributed by atoms with Crippen molar-refractivity contribution in [2.45, 2.75) is 26.7 Å². The zero-order valence-electron chi connectivity index (χ0n) is 11.6. The Morgan fingerprint density at radius 3 is 2.65 bits per heavy atom. The summed E-state index contributed by atoms with van der Waals surface area (Å²) < 4.78 is 5.29. The van der Waals surface area contributed by atoms with Crippen LogP contribution in [0.3, 0.4) is 0 Å². The van der Waals surface area contributed by atoms with E-state index in [4.69, 9.17) is 4.52 Å². The van der Waals surface area contributed by atoms with E-state index in [0.717, 1.165) is 11.1 Å². The monoisotopic (exact) mass is 272 g/mol. The molecule has 1 aromatic heterocycles. The van der Waals surface area contributed by atoms with Crippen LogP contribution in [0.4, 0.5) is 0 Å². The van der Waals surface area contributed by atoms with E-state index in [9.17, 15) is 9.90 Å². The van der Waals surface area contributed by atoms with Crippen molar-refractivity contribution in [3.63, 3.8) is 0 Å². The van der Waals surface area contributed by atoms with Gasteiger partial charge in [0.1, 0.15) is 0 Å². The number of aryl methyl sites for hydroxylation is 1. The molecule has 1 heterocycles. The van der Waals surface area contributed by atoms with Gasteiger partial charge in [-0.15, -0.1) is 0 Å². The van der Waals surface area contributed by atoms with Crippen molar-refractivity contribution in [2.24, 2.45) is 11.3 Å². The van der Waals surface area contributed by atoms with Gasteiger partial charge >= 0.3 is 5.97 Å². The molecule has 0 saturated heterocycles. The van der Waals surface area contributed by atoms with Crippen LogP contribution in [-0.2, 0) is 4.79 Å². The van der Waals surface area contributed by atoms with Gasteiger partial charge in [-0.05, 0) is 17.9 Å². The largest absolute Gasteiger partial charge is 0.481 e. The molecule has 0 spiro atoms. The number of hydrogen-bond donors (Lipinski definition) is 1. The summed E-state index contributed by atoms with van der Waals surface area (Å²) in [5.41, 5.74) is 1.64. The summed E-state index contributed by atoms with van der Waals surface area (Å²) in [6.07, 6.45) is 0. The lowest BCUT2D eigenvalue weighted by Crippen LogP contribution is -2.03. The van der Waals surface area contributed by atoms with Crippen molar-refractivity contribution >= 4 is 5.97 Å². The van der Waals surface area contributed by atoms with Gasteiger partial charge in [-0.2, -0.15) is 4.98 Å². The summed E-state index contributed by atoms with van der Waals surface area (Å²) in [5.74, 6) is -0.529. The fourth-order valence-electron chi connectivity index (χ4n) is 2.85. The number of rotatable bonds is 3. The van der Waals surface area contributed by atoms with E-state index in [0.29, 0.717) is 11.7 Å². The molecular weight excluding hydrogens is 256 g/mol. The first-order chi connectivity index (χ1) is 9.43. The summed E-state index contributed by atoms with van der Waals surface area (Å²) in [6, 6.07) is 7.77. The zero-order valence-corrected chi connectivity index (χ0v) is 11.6. The van der Waals surface area contributed by atoms with E-state index in [1.807, 2.05) is 45.0 Å². The van der Waals surface area contributed by atoms with Gasteiger partial charge in [0.15, 0.2) is 0 Å². The third-order valence-corrected chi connectivity index (χ3v) is 4.19. The first-order valence-corrected chi connectivity index (χ1v) is 6.55. The summed E-state index contributed by atoms with van der Waals surface area (Å²) >= 11 is 0. The molecule has 2 unspecified atom stereocenters. The summed E-state index contributed by atoms with van der Waals surface area (Å²) in [7, 11) is 0. The number of carboxylic acid groups (broad SMARTS) is 1. The standard InChI is InChI=1S/C15H16N2O3/c1-8-6-4-5-7-9(8)12-16-13(20-17-12)10-11(14(18)19)15(10,2)3/h4-7,10-11H,1-3H3,(H,18,19). The maximum Gasteiger partial charge on any atom is 0.307 e. The Kier molecular flexibility index (Phi) is 2.67. The molecule has 0 amide bonds. The third-order valence-electron chi connectivity index (χ3n) is 4.19. The average Bonchev–Trinajstić information content (AvgIpc) is 2.74. The van der Waals surface area contributed by atoms with Crippen LogP contribution in [0, 0.1) is 18.3 Å². The van der Waals surface area contributed by atoms with Crippen molar-refractivity contribution in [3.05, 3.63) is 35.7 Å². The Morgan fingerprint density at radius 1 is 1.35 bits per heavy atom. The third kappa shape index (κ3) is 1.81. The molecule has 1 saturated carbocycles. The van der Waals surface area contributed by atoms with Gasteiger partial charge in [-0.3, -0.25) is 4.79 Å². The van der Waals surface area contributed by atoms with Gasteiger partial charge in [-0.1, -0.05) is 43.3 Å². The van der Waals surface area contributed by atoms with Crippen LogP contribution < -0.4 is 0 Å². The van der Waals surface area contributed by atoms with E-state index in [1.54, 1.807) is 0 Å². The number of benzene rings is 1.